The number of thiophene rings is 1. The molecule has 33 heavy (non-hydrogen) atoms. The molecule has 0 saturated carbocycles. The smallest absolute Gasteiger partial charge is 0.348 e. The number of thiazole rings is 1. The maximum absolute atomic E-state index is 12.0. The molecule has 2 aromatic heterocycles. The summed E-state index contributed by atoms with van der Waals surface area (Å²) in [6.07, 6.45) is 7.64. The van der Waals surface area contributed by atoms with Crippen molar-refractivity contribution in [2.45, 2.75) is 9.75 Å². The first-order valence-electron chi connectivity index (χ1n) is 9.77. The van der Waals surface area contributed by atoms with Gasteiger partial charge >= 0.3 is 5.97 Å². The fourth-order valence-corrected chi connectivity index (χ4v) is 6.36. The summed E-state index contributed by atoms with van der Waals surface area (Å²) < 4.78 is 22.5. The van der Waals surface area contributed by atoms with Crippen molar-refractivity contribution in [1.82, 2.24) is 4.98 Å². The molecule has 3 heterocycles. The quantitative estimate of drug-likeness (QED) is 0.306. The molecule has 0 N–H and O–H groups in total. The number of nitrogens with zero attached hydrogens (tertiary/aromatic N) is 2. The molecule has 10 heteroatoms. The van der Waals surface area contributed by atoms with Crippen LogP contribution in [-0.2, 0) is 10.3 Å². The number of carbonyl (C=O) groups excluding carboxylic acids is 1. The van der Waals surface area contributed by atoms with Gasteiger partial charge < -0.3 is 18.9 Å². The zero-order valence-electron chi connectivity index (χ0n) is 18.7. The number of esters is 1. The molecule has 0 saturated heterocycles. The van der Waals surface area contributed by atoms with E-state index in [2.05, 4.69) is 0 Å². The van der Waals surface area contributed by atoms with E-state index < -0.39 is 5.54 Å². The first-order chi connectivity index (χ1) is 16.0. The van der Waals surface area contributed by atoms with E-state index in [-0.39, 0.29) is 5.97 Å². The molecule has 7 nitrogen and oxygen atoms in total. The zero-order valence-corrected chi connectivity index (χ0v) is 21.2. The Hall–Kier alpha value is -2.82. The van der Waals surface area contributed by atoms with E-state index in [1.165, 1.54) is 29.8 Å². The number of aromatic nitrogens is 1. The third kappa shape index (κ3) is 4.03. The predicted octanol–water partition coefficient (Wildman–Crippen LogP) is 5.29. The van der Waals surface area contributed by atoms with Gasteiger partial charge in [0.05, 0.1) is 38.3 Å². The van der Waals surface area contributed by atoms with E-state index in [1.807, 2.05) is 42.0 Å². The van der Waals surface area contributed by atoms with E-state index in [9.17, 15) is 4.79 Å². The van der Waals surface area contributed by atoms with Gasteiger partial charge in [0, 0.05) is 17.2 Å². The maximum atomic E-state index is 12.0. The fraction of sp³-hybridized carbons (Fsp3) is 0.261. The summed E-state index contributed by atoms with van der Waals surface area (Å²) in [6.45, 7) is 0. The van der Waals surface area contributed by atoms with Crippen molar-refractivity contribution >= 4 is 46.6 Å². The second-order valence-electron chi connectivity index (χ2n) is 6.86. The van der Waals surface area contributed by atoms with Gasteiger partial charge in [0.1, 0.15) is 9.88 Å². The van der Waals surface area contributed by atoms with E-state index in [0.29, 0.717) is 22.1 Å². The standard InChI is InChI=1S/C23H22N2O5S3/c1-27-16-9-13(10-17(28-2)19(16)29-3)23(7-6-8-24-23)22-25-15(12-32-22)14-11-18(20(26)30-4)33-21(14)31-5/h6-12H,1-5H3. The van der Waals surface area contributed by atoms with Crippen molar-refractivity contribution in [3.8, 4) is 28.5 Å². The van der Waals surface area contributed by atoms with Crippen LogP contribution in [0.1, 0.15) is 20.2 Å². The Labute approximate surface area is 204 Å². The Bertz CT molecular complexity index is 1210. The molecule has 172 valence electrons. The van der Waals surface area contributed by atoms with Crippen LogP contribution in [0.5, 0.6) is 17.2 Å². The van der Waals surface area contributed by atoms with Gasteiger partial charge in [0.25, 0.3) is 0 Å². The van der Waals surface area contributed by atoms with Crippen LogP contribution in [0.2, 0.25) is 0 Å². The summed E-state index contributed by atoms with van der Waals surface area (Å²) >= 11 is 4.48. The van der Waals surface area contributed by atoms with Crippen molar-refractivity contribution in [3.63, 3.8) is 0 Å². The Kier molecular flexibility index (Phi) is 6.78. The molecule has 1 aliphatic rings. The summed E-state index contributed by atoms with van der Waals surface area (Å²) in [5.74, 6) is 1.25. The number of rotatable bonds is 8. The Morgan fingerprint density at radius 1 is 1.06 bits per heavy atom. The lowest BCUT2D eigenvalue weighted by Crippen LogP contribution is -2.21. The van der Waals surface area contributed by atoms with Crippen LogP contribution in [-0.4, -0.2) is 51.9 Å². The number of methoxy groups -OCH3 is 4. The summed E-state index contributed by atoms with van der Waals surface area (Å²) in [4.78, 5) is 22.3. The number of hydrogen-bond acceptors (Lipinski definition) is 10. The van der Waals surface area contributed by atoms with Gasteiger partial charge in [-0.05, 0) is 42.2 Å². The number of aliphatic imine (C=N–C) groups is 1. The molecular weight excluding hydrogens is 480 g/mol. The van der Waals surface area contributed by atoms with Crippen molar-refractivity contribution in [2.75, 3.05) is 34.7 Å². The highest BCUT2D eigenvalue weighted by Gasteiger charge is 2.38. The number of carbonyl (C=O) groups is 1. The molecule has 1 atom stereocenters. The molecule has 1 aromatic carbocycles. The van der Waals surface area contributed by atoms with Crippen LogP contribution in [0.15, 0.2) is 44.9 Å². The van der Waals surface area contributed by atoms with Crippen molar-refractivity contribution < 1.29 is 23.7 Å². The zero-order chi connectivity index (χ0) is 23.6. The average molecular weight is 503 g/mol. The van der Waals surface area contributed by atoms with Gasteiger partial charge in [0.15, 0.2) is 17.0 Å². The van der Waals surface area contributed by atoms with Crippen LogP contribution in [0.3, 0.4) is 0 Å². The van der Waals surface area contributed by atoms with Gasteiger partial charge in [-0.2, -0.15) is 0 Å². The molecule has 0 aliphatic carbocycles. The first-order valence-corrected chi connectivity index (χ1v) is 12.7. The van der Waals surface area contributed by atoms with E-state index in [0.717, 1.165) is 26.0 Å². The van der Waals surface area contributed by atoms with Crippen LogP contribution < -0.4 is 14.2 Å². The van der Waals surface area contributed by atoms with E-state index in [1.54, 1.807) is 39.3 Å². The SMILES string of the molecule is COC(=O)c1cc(-c2csc(C3(c4cc(OC)c(OC)c(OC)c4)C=CC=N3)n2)c(SC)s1. The molecule has 0 bridgehead atoms. The average Bonchev–Trinajstić information content (AvgIpc) is 3.61. The molecule has 1 unspecified atom stereocenters. The molecule has 1 aliphatic heterocycles. The maximum Gasteiger partial charge on any atom is 0.348 e. The van der Waals surface area contributed by atoms with Gasteiger partial charge in [-0.25, -0.2) is 9.78 Å². The van der Waals surface area contributed by atoms with Gasteiger partial charge in [-0.3, -0.25) is 4.99 Å². The van der Waals surface area contributed by atoms with Crippen LogP contribution in [0.4, 0.5) is 0 Å². The highest BCUT2D eigenvalue weighted by Crippen LogP contribution is 2.47. The van der Waals surface area contributed by atoms with Crippen molar-refractivity contribution in [2.24, 2.45) is 4.99 Å². The molecular formula is C23H22N2O5S3. The number of allylic oxidation sites excluding steroid dienone is 1. The predicted molar refractivity (Wildman–Crippen MR) is 133 cm³/mol. The topological polar surface area (TPSA) is 79.2 Å². The molecule has 0 fully saturated rings. The Morgan fingerprint density at radius 2 is 1.79 bits per heavy atom. The first kappa shape index (κ1) is 23.3. The summed E-state index contributed by atoms with van der Waals surface area (Å²) in [6, 6.07) is 5.62. The normalized spacial score (nSPS) is 16.8. The Morgan fingerprint density at radius 3 is 2.33 bits per heavy atom. The van der Waals surface area contributed by atoms with Crippen LogP contribution in [0, 0.1) is 0 Å². The lowest BCUT2D eigenvalue weighted by atomic mass is 9.91. The molecule has 0 radical (unpaired) electrons. The minimum atomic E-state index is -0.823. The third-order valence-electron chi connectivity index (χ3n) is 5.18. The minimum absolute atomic E-state index is 0.353. The second-order valence-corrected chi connectivity index (χ2v) is 9.85. The summed E-state index contributed by atoms with van der Waals surface area (Å²) in [5.41, 5.74) is 1.71. The number of ether oxygens (including phenoxy) is 4. The largest absolute Gasteiger partial charge is 0.493 e. The minimum Gasteiger partial charge on any atom is -0.493 e. The third-order valence-corrected chi connectivity index (χ3v) is 8.40. The van der Waals surface area contributed by atoms with Crippen LogP contribution >= 0.6 is 34.4 Å². The van der Waals surface area contributed by atoms with Gasteiger partial charge in [-0.15, -0.1) is 34.4 Å². The van der Waals surface area contributed by atoms with Gasteiger partial charge in [0.2, 0.25) is 5.75 Å². The molecule has 0 amide bonds. The second kappa shape index (κ2) is 9.58. The summed E-state index contributed by atoms with van der Waals surface area (Å²) in [7, 11) is 6.13. The molecule has 3 aromatic rings. The lowest BCUT2D eigenvalue weighted by molar-refractivity contribution is 0.0606. The van der Waals surface area contributed by atoms with E-state index in [4.69, 9.17) is 28.9 Å². The van der Waals surface area contributed by atoms with Crippen molar-refractivity contribution in [1.29, 1.82) is 0 Å². The Balaban J connectivity index is 1.83. The number of benzene rings is 1. The van der Waals surface area contributed by atoms with E-state index >= 15 is 0 Å². The summed E-state index contributed by atoms with van der Waals surface area (Å²) in [5, 5.41) is 2.77. The highest BCUT2D eigenvalue weighted by molar-refractivity contribution is 8.00. The van der Waals surface area contributed by atoms with Crippen molar-refractivity contribution in [3.05, 3.63) is 51.2 Å². The monoisotopic (exact) mass is 502 g/mol. The molecule has 0 spiro atoms. The molecule has 4 rings (SSSR count). The van der Waals surface area contributed by atoms with Crippen LogP contribution in [0.25, 0.3) is 11.3 Å². The van der Waals surface area contributed by atoms with Gasteiger partial charge in [-0.1, -0.05) is 0 Å². The lowest BCUT2D eigenvalue weighted by Gasteiger charge is -2.24. The number of thioether (sulfide) groups is 1. The highest BCUT2D eigenvalue weighted by atomic mass is 32.2. The fourth-order valence-electron chi connectivity index (χ4n) is 3.59. The number of hydrogen-bond donors (Lipinski definition) is 0.